The summed E-state index contributed by atoms with van der Waals surface area (Å²) in [7, 11) is -3.51. The molecule has 2 N–H and O–H groups in total. The fourth-order valence-electron chi connectivity index (χ4n) is 1.86. The first kappa shape index (κ1) is 15.6. The largest absolute Gasteiger partial charge is 0.318 e. The van der Waals surface area contributed by atoms with Crippen molar-refractivity contribution in [1.29, 1.82) is 0 Å². The lowest BCUT2D eigenvalue weighted by atomic mass is 10.2. The van der Waals surface area contributed by atoms with Crippen molar-refractivity contribution in [2.45, 2.75) is 26.4 Å². The van der Waals surface area contributed by atoms with Gasteiger partial charge in [0.25, 0.3) is 10.2 Å². The fourth-order valence-corrected chi connectivity index (χ4v) is 2.69. The number of nitrogens with zero attached hydrogens (tertiary/aromatic N) is 3. The van der Waals surface area contributed by atoms with Gasteiger partial charge in [0.05, 0.1) is 0 Å². The third-order valence-electron chi connectivity index (χ3n) is 2.99. The summed E-state index contributed by atoms with van der Waals surface area (Å²) in [6.07, 6.45) is 2.14. The number of nitrogens with one attached hydrogen (secondary N) is 2. The molecule has 2 aromatic rings. The Balaban J connectivity index is 1.79. The van der Waals surface area contributed by atoms with E-state index in [9.17, 15) is 8.42 Å². The highest BCUT2D eigenvalue weighted by molar-refractivity contribution is 7.87. The van der Waals surface area contributed by atoms with Crippen LogP contribution in [-0.4, -0.2) is 29.7 Å². The molecule has 0 spiro atoms. The molecule has 8 heteroatoms. The van der Waals surface area contributed by atoms with Crippen LogP contribution in [0.25, 0.3) is 0 Å². The van der Waals surface area contributed by atoms with Crippen molar-refractivity contribution in [1.82, 2.24) is 24.2 Å². The molecule has 0 radical (unpaired) electrons. The van der Waals surface area contributed by atoms with Crippen LogP contribution >= 0.6 is 0 Å². The van der Waals surface area contributed by atoms with Crippen LogP contribution in [0.15, 0.2) is 36.7 Å². The molecule has 0 bridgehead atoms. The van der Waals surface area contributed by atoms with Crippen LogP contribution in [-0.2, 0) is 29.7 Å². The first-order chi connectivity index (χ1) is 10.1. The molecule has 7 nitrogen and oxygen atoms in total. The number of hydrogen-bond acceptors (Lipinski definition) is 4. The predicted molar refractivity (Wildman–Crippen MR) is 79.6 cm³/mol. The molecule has 114 valence electrons. The van der Waals surface area contributed by atoms with Crippen molar-refractivity contribution in [3.63, 3.8) is 0 Å². The van der Waals surface area contributed by atoms with Crippen LogP contribution in [0.5, 0.6) is 0 Å². The second kappa shape index (κ2) is 7.30. The van der Waals surface area contributed by atoms with Gasteiger partial charge in [0.1, 0.15) is 12.2 Å². The van der Waals surface area contributed by atoms with E-state index in [0.717, 1.165) is 17.9 Å². The smallest absolute Gasteiger partial charge is 0.277 e. The quantitative estimate of drug-likeness (QED) is 0.741. The molecule has 0 amide bonds. The Hall–Kier alpha value is -1.77. The van der Waals surface area contributed by atoms with E-state index < -0.39 is 10.2 Å². The van der Waals surface area contributed by atoms with Gasteiger partial charge in [-0.3, -0.25) is 0 Å². The van der Waals surface area contributed by atoms with E-state index in [1.165, 1.54) is 0 Å². The van der Waals surface area contributed by atoms with Gasteiger partial charge in [-0.2, -0.15) is 13.1 Å². The number of hydrogen-bond donors (Lipinski definition) is 2. The maximum Gasteiger partial charge on any atom is 0.277 e. The molecule has 0 saturated heterocycles. The molecule has 21 heavy (non-hydrogen) atoms. The molecule has 0 aliphatic rings. The molecule has 0 fully saturated rings. The minimum absolute atomic E-state index is 0.265. The third-order valence-corrected chi connectivity index (χ3v) is 4.09. The molecule has 2 rings (SSSR count). The first-order valence-corrected chi connectivity index (χ1v) is 8.24. The zero-order valence-corrected chi connectivity index (χ0v) is 12.7. The highest BCUT2D eigenvalue weighted by Crippen LogP contribution is 1.98. The summed E-state index contributed by atoms with van der Waals surface area (Å²) in [5.41, 5.74) is 0.911. The van der Waals surface area contributed by atoms with Crippen molar-refractivity contribution >= 4 is 10.2 Å². The molecule has 0 unspecified atom stereocenters. The summed E-state index contributed by atoms with van der Waals surface area (Å²) in [5, 5.41) is 7.76. The maximum absolute atomic E-state index is 11.8. The number of benzene rings is 1. The Kier molecular flexibility index (Phi) is 5.43. The molecular formula is C13H19N5O2S. The monoisotopic (exact) mass is 309 g/mol. The van der Waals surface area contributed by atoms with E-state index in [2.05, 4.69) is 19.6 Å². The maximum atomic E-state index is 11.8. The first-order valence-electron chi connectivity index (χ1n) is 6.75. The molecular weight excluding hydrogens is 290 g/mol. The zero-order valence-electron chi connectivity index (χ0n) is 11.9. The van der Waals surface area contributed by atoms with Gasteiger partial charge in [0, 0.05) is 26.1 Å². The van der Waals surface area contributed by atoms with Crippen LogP contribution in [0.1, 0.15) is 18.3 Å². The average Bonchev–Trinajstić information content (AvgIpc) is 2.94. The van der Waals surface area contributed by atoms with Crippen LogP contribution in [0.2, 0.25) is 0 Å². The van der Waals surface area contributed by atoms with Crippen molar-refractivity contribution in [2.75, 3.05) is 6.54 Å². The topological polar surface area (TPSA) is 88.9 Å². The average molecular weight is 309 g/mol. The molecule has 1 heterocycles. The molecule has 0 saturated carbocycles. The van der Waals surface area contributed by atoms with E-state index in [-0.39, 0.29) is 13.1 Å². The van der Waals surface area contributed by atoms with Crippen LogP contribution in [0.4, 0.5) is 0 Å². The zero-order chi connectivity index (χ0) is 15.1. The van der Waals surface area contributed by atoms with E-state index in [4.69, 9.17) is 0 Å². The minimum Gasteiger partial charge on any atom is -0.318 e. The van der Waals surface area contributed by atoms with Gasteiger partial charge in [0.15, 0.2) is 0 Å². The number of aromatic nitrogens is 3. The van der Waals surface area contributed by atoms with E-state index >= 15 is 0 Å². The van der Waals surface area contributed by atoms with Gasteiger partial charge in [-0.1, -0.05) is 30.3 Å². The molecule has 0 atom stereocenters. The molecule has 0 aliphatic heterocycles. The summed E-state index contributed by atoms with van der Waals surface area (Å²) in [6, 6.07) is 9.36. The van der Waals surface area contributed by atoms with Crippen molar-refractivity contribution in [2.24, 2.45) is 0 Å². The second-order valence-electron chi connectivity index (χ2n) is 4.49. The summed E-state index contributed by atoms with van der Waals surface area (Å²) in [4.78, 5) is 0. The van der Waals surface area contributed by atoms with Gasteiger partial charge < -0.3 is 4.57 Å². The van der Waals surface area contributed by atoms with Gasteiger partial charge in [-0.15, -0.1) is 10.2 Å². The van der Waals surface area contributed by atoms with E-state index in [1.54, 1.807) is 6.33 Å². The Morgan fingerprint density at radius 3 is 2.67 bits per heavy atom. The fraction of sp³-hybridized carbons (Fsp3) is 0.385. The predicted octanol–water partition coefficient (Wildman–Crippen LogP) is 0.465. The minimum atomic E-state index is -3.51. The number of rotatable bonds is 8. The highest BCUT2D eigenvalue weighted by atomic mass is 32.2. The van der Waals surface area contributed by atoms with E-state index in [0.29, 0.717) is 6.42 Å². The summed E-state index contributed by atoms with van der Waals surface area (Å²) >= 11 is 0. The SMILES string of the molecule is CCn1cnnc1CCNS(=O)(=O)NCc1ccccc1. The molecule has 1 aromatic heterocycles. The van der Waals surface area contributed by atoms with Gasteiger partial charge in [0.2, 0.25) is 0 Å². The van der Waals surface area contributed by atoms with Crippen molar-refractivity contribution < 1.29 is 8.42 Å². The standard InChI is InChI=1S/C13H19N5O2S/c1-2-18-11-14-17-13(18)8-9-15-21(19,20)16-10-12-6-4-3-5-7-12/h3-7,11,15-16H,2,8-10H2,1H3. The summed E-state index contributed by atoms with van der Waals surface area (Å²) < 4.78 is 30.5. The lowest BCUT2D eigenvalue weighted by molar-refractivity contribution is 0.564. The van der Waals surface area contributed by atoms with Gasteiger partial charge in [-0.25, -0.2) is 4.72 Å². The second-order valence-corrected chi connectivity index (χ2v) is 6.07. The Morgan fingerprint density at radius 2 is 1.95 bits per heavy atom. The van der Waals surface area contributed by atoms with Crippen LogP contribution in [0, 0.1) is 0 Å². The van der Waals surface area contributed by atoms with Crippen LogP contribution < -0.4 is 9.44 Å². The van der Waals surface area contributed by atoms with Crippen molar-refractivity contribution in [3.8, 4) is 0 Å². The van der Waals surface area contributed by atoms with Gasteiger partial charge >= 0.3 is 0 Å². The molecule has 1 aromatic carbocycles. The normalized spacial score (nSPS) is 11.7. The van der Waals surface area contributed by atoms with Gasteiger partial charge in [-0.05, 0) is 12.5 Å². The Bertz CT molecular complexity index is 654. The highest BCUT2D eigenvalue weighted by Gasteiger charge is 2.10. The lowest BCUT2D eigenvalue weighted by Crippen LogP contribution is -2.37. The number of aryl methyl sites for hydroxylation is 1. The lowest BCUT2D eigenvalue weighted by Gasteiger charge is -2.08. The van der Waals surface area contributed by atoms with Crippen LogP contribution in [0.3, 0.4) is 0 Å². The molecule has 0 aliphatic carbocycles. The third kappa shape index (κ3) is 4.92. The summed E-state index contributed by atoms with van der Waals surface area (Å²) in [6.45, 7) is 3.30. The van der Waals surface area contributed by atoms with Crippen molar-refractivity contribution in [3.05, 3.63) is 48.0 Å². The van der Waals surface area contributed by atoms with E-state index in [1.807, 2.05) is 41.8 Å². The Labute approximate surface area is 124 Å². The Morgan fingerprint density at radius 1 is 1.19 bits per heavy atom. The summed E-state index contributed by atoms with van der Waals surface area (Å²) in [5.74, 6) is 0.767.